The van der Waals surface area contributed by atoms with Gasteiger partial charge in [-0.2, -0.15) is 0 Å². The van der Waals surface area contributed by atoms with E-state index < -0.39 is 0 Å². The van der Waals surface area contributed by atoms with E-state index >= 15 is 0 Å². The van der Waals surface area contributed by atoms with Crippen molar-refractivity contribution in [1.82, 2.24) is 11.0 Å². The number of nitrogens with one attached hydrogen (secondary N) is 2. The van der Waals surface area contributed by atoms with Crippen molar-refractivity contribution < 1.29 is 5.53 Å². The van der Waals surface area contributed by atoms with Gasteiger partial charge in [-0.15, -0.1) is 5.53 Å². The third-order valence-electron chi connectivity index (χ3n) is 0.468. The summed E-state index contributed by atoms with van der Waals surface area (Å²) >= 11 is 0. The molecular formula is CH6N5+. The molecule has 0 saturated carbocycles. The Hall–Kier alpha value is -0.810. The molecule has 0 saturated heterocycles. The van der Waals surface area contributed by atoms with Gasteiger partial charge in [0, 0.05) is 0 Å². The van der Waals surface area contributed by atoms with Crippen molar-refractivity contribution >= 4 is 5.96 Å². The maximum Gasteiger partial charge on any atom is 0.268 e. The van der Waals surface area contributed by atoms with Crippen LogP contribution in [0, 0.1) is 0 Å². The van der Waals surface area contributed by atoms with Gasteiger partial charge in [-0.25, -0.2) is 5.43 Å². The molecule has 0 radical (unpaired) electrons. The Morgan fingerprint density at radius 2 is 2.67 bits per heavy atom. The Bertz CT molecular complexity index is 74.0. The Kier molecular flexibility index (Phi) is 0.627. The highest BCUT2D eigenvalue weighted by Crippen LogP contribution is 1.45. The molecule has 0 fully saturated rings. The minimum atomic E-state index is 0.412. The average Bonchev–Trinajstić information content (AvgIpc) is 1.86. The van der Waals surface area contributed by atoms with E-state index in [-0.39, 0.29) is 0 Å². The summed E-state index contributed by atoms with van der Waals surface area (Å²) in [5, 5.41) is 3.58. The maximum atomic E-state index is 5.08. The summed E-state index contributed by atoms with van der Waals surface area (Å²) in [5.41, 5.74) is 11.7. The molecule has 1 heterocycles. The lowest BCUT2D eigenvalue weighted by molar-refractivity contribution is -0.713. The lowest BCUT2D eigenvalue weighted by Gasteiger charge is -1.81. The number of quaternary nitrogens is 1. The fourth-order valence-electron chi connectivity index (χ4n) is 0.240. The van der Waals surface area contributed by atoms with Crippen LogP contribution >= 0.6 is 0 Å². The fraction of sp³-hybridized carbons (Fsp3) is 0. The zero-order valence-corrected chi connectivity index (χ0v) is 3.10. The maximum absolute atomic E-state index is 5.08. The highest BCUT2D eigenvalue weighted by Gasteiger charge is 1.97. The molecule has 1 aliphatic rings. The third kappa shape index (κ3) is 0.399. The van der Waals surface area contributed by atoms with Crippen LogP contribution in [0.25, 0.3) is 0 Å². The first-order valence-corrected chi connectivity index (χ1v) is 1.56. The Labute approximate surface area is 34.5 Å². The molecule has 0 spiro atoms. The molecule has 0 unspecified atom stereocenters. The zero-order valence-electron chi connectivity index (χ0n) is 3.10. The van der Waals surface area contributed by atoms with E-state index in [9.17, 15) is 0 Å². The lowest BCUT2D eigenvalue weighted by Crippen LogP contribution is -2.87. The third-order valence-corrected chi connectivity index (χ3v) is 0.468. The van der Waals surface area contributed by atoms with Crippen molar-refractivity contribution in [2.24, 2.45) is 10.8 Å². The standard InChI is InChI=1S/CH5N5/c2-1-3-5-6-4-1/h5-6H,(H3,2,3,4)/p+1. The molecule has 1 rings (SSSR count). The quantitative estimate of drug-likeness (QED) is 0.235. The Balaban J connectivity index is 2.45. The van der Waals surface area contributed by atoms with Gasteiger partial charge in [-0.3, -0.25) is 0 Å². The molecule has 0 bridgehead atoms. The summed E-state index contributed by atoms with van der Waals surface area (Å²) in [6, 6.07) is 0. The average molecular weight is 88.1 g/mol. The molecule has 5 nitrogen and oxygen atoms in total. The van der Waals surface area contributed by atoms with E-state index in [1.165, 1.54) is 5.53 Å². The molecule has 0 atom stereocenters. The molecule has 0 aliphatic carbocycles. The number of hydrazine groups is 1. The van der Waals surface area contributed by atoms with Crippen LogP contribution in [0.15, 0.2) is 5.10 Å². The van der Waals surface area contributed by atoms with Crippen LogP contribution in [0.2, 0.25) is 0 Å². The number of nitrogens with zero attached hydrogens (tertiary/aromatic N) is 1. The molecule has 0 aromatic heterocycles. The van der Waals surface area contributed by atoms with Crippen LogP contribution in [0.5, 0.6) is 0 Å². The Morgan fingerprint density at radius 3 is 2.83 bits per heavy atom. The summed E-state index contributed by atoms with van der Waals surface area (Å²) in [7, 11) is 0. The monoisotopic (exact) mass is 88.1 g/mol. The first kappa shape index (κ1) is 3.38. The van der Waals surface area contributed by atoms with Gasteiger partial charge in [-0.05, 0) is 5.10 Å². The van der Waals surface area contributed by atoms with Crippen LogP contribution in [0.3, 0.4) is 0 Å². The van der Waals surface area contributed by atoms with E-state index in [1.54, 1.807) is 0 Å². The zero-order chi connectivity index (χ0) is 4.41. The second-order valence-corrected chi connectivity index (χ2v) is 0.913. The molecule has 1 aliphatic heterocycles. The first-order valence-electron chi connectivity index (χ1n) is 1.56. The molecule has 0 aromatic carbocycles. The number of rotatable bonds is 0. The summed E-state index contributed by atoms with van der Waals surface area (Å²) < 4.78 is 0. The predicted octanol–water partition coefficient (Wildman–Crippen LogP) is -3.20. The van der Waals surface area contributed by atoms with Crippen molar-refractivity contribution in [2.75, 3.05) is 0 Å². The van der Waals surface area contributed by atoms with E-state index in [2.05, 4.69) is 16.1 Å². The van der Waals surface area contributed by atoms with Crippen molar-refractivity contribution in [1.29, 1.82) is 0 Å². The first-order chi connectivity index (χ1) is 2.89. The van der Waals surface area contributed by atoms with Crippen LogP contribution in [-0.4, -0.2) is 5.96 Å². The lowest BCUT2D eigenvalue weighted by atomic mass is 11.1. The molecule has 0 aromatic rings. The van der Waals surface area contributed by atoms with Crippen molar-refractivity contribution in [3.8, 4) is 0 Å². The number of hydrogen-bond donors (Lipinski definition) is 4. The van der Waals surface area contributed by atoms with Gasteiger partial charge in [-0.1, -0.05) is 5.53 Å². The normalized spacial score (nSPS) is 19.7. The fourth-order valence-corrected chi connectivity index (χ4v) is 0.240. The van der Waals surface area contributed by atoms with Gasteiger partial charge in [0.15, 0.2) is 0 Å². The van der Waals surface area contributed by atoms with E-state index in [0.29, 0.717) is 5.96 Å². The predicted molar refractivity (Wildman–Crippen MR) is 19.8 cm³/mol. The smallest absolute Gasteiger partial charge is 0.268 e. The van der Waals surface area contributed by atoms with Crippen LogP contribution < -0.4 is 22.2 Å². The molecule has 0 amide bonds. The SMILES string of the molecule is NC1=N[NH2+]NN1. The summed E-state index contributed by atoms with van der Waals surface area (Å²) in [4.78, 5) is 0. The van der Waals surface area contributed by atoms with Crippen LogP contribution in [0.1, 0.15) is 0 Å². The number of hydrogen-bond acceptors (Lipinski definition) is 4. The highest BCUT2D eigenvalue weighted by molar-refractivity contribution is 5.76. The van der Waals surface area contributed by atoms with Gasteiger partial charge in [0.2, 0.25) is 0 Å². The van der Waals surface area contributed by atoms with Crippen molar-refractivity contribution in [3.63, 3.8) is 0 Å². The highest BCUT2D eigenvalue weighted by atomic mass is 15.8. The van der Waals surface area contributed by atoms with Crippen LogP contribution in [0.4, 0.5) is 0 Å². The number of guanidine groups is 1. The van der Waals surface area contributed by atoms with Crippen molar-refractivity contribution in [3.05, 3.63) is 0 Å². The Morgan fingerprint density at radius 1 is 1.83 bits per heavy atom. The minimum absolute atomic E-state index is 0.412. The van der Waals surface area contributed by atoms with Gasteiger partial charge >= 0.3 is 0 Å². The molecule has 6 heavy (non-hydrogen) atoms. The summed E-state index contributed by atoms with van der Waals surface area (Å²) in [6.45, 7) is 0. The molecular weight excluding hydrogens is 82.0 g/mol. The summed E-state index contributed by atoms with van der Waals surface area (Å²) in [5.74, 6) is 0.412. The van der Waals surface area contributed by atoms with Gasteiger partial charge in [0.1, 0.15) is 0 Å². The molecule has 5 heteroatoms. The second-order valence-electron chi connectivity index (χ2n) is 0.913. The van der Waals surface area contributed by atoms with Crippen LogP contribution in [-0.2, 0) is 0 Å². The number of nitrogens with two attached hydrogens (primary N) is 2. The molecule has 6 N–H and O–H groups in total. The molecule has 34 valence electrons. The van der Waals surface area contributed by atoms with E-state index in [1.807, 2.05) is 0 Å². The topological polar surface area (TPSA) is 79.0 Å². The van der Waals surface area contributed by atoms with Gasteiger partial charge in [0.05, 0.1) is 0 Å². The minimum Gasteiger partial charge on any atom is -0.364 e. The van der Waals surface area contributed by atoms with Gasteiger partial charge < -0.3 is 5.73 Å². The van der Waals surface area contributed by atoms with Gasteiger partial charge in [0.25, 0.3) is 5.96 Å². The largest absolute Gasteiger partial charge is 0.364 e. The van der Waals surface area contributed by atoms with Crippen molar-refractivity contribution in [2.45, 2.75) is 0 Å². The van der Waals surface area contributed by atoms with E-state index in [0.717, 1.165) is 0 Å². The van der Waals surface area contributed by atoms with E-state index in [4.69, 9.17) is 5.73 Å². The second kappa shape index (κ2) is 1.11. The summed E-state index contributed by atoms with van der Waals surface area (Å²) in [6.07, 6.45) is 0.